The van der Waals surface area contributed by atoms with Crippen LogP contribution >= 0.6 is 34.8 Å². The van der Waals surface area contributed by atoms with Gasteiger partial charge in [-0.2, -0.15) is 0 Å². The summed E-state index contributed by atoms with van der Waals surface area (Å²) in [6.45, 7) is 3.32. The van der Waals surface area contributed by atoms with Gasteiger partial charge in [0.1, 0.15) is 18.4 Å². The zero-order valence-electron chi connectivity index (χ0n) is 19.5. The average molecular weight is 567 g/mol. The number of unbranched alkanes of at least 4 members (excludes halogenated alkanes) is 1. The first-order valence-electron chi connectivity index (χ1n) is 10.8. The summed E-state index contributed by atoms with van der Waals surface area (Å²) in [5.41, 5.74) is 0.610. The monoisotopic (exact) mass is 565 g/mol. The third-order valence-corrected chi connectivity index (χ3v) is 7.37. The summed E-state index contributed by atoms with van der Waals surface area (Å²) in [7, 11) is -3.96. The molecule has 1 atom stereocenters. The summed E-state index contributed by atoms with van der Waals surface area (Å²) in [5.74, 6) is -1.77. The molecule has 12 heteroatoms. The van der Waals surface area contributed by atoms with Gasteiger partial charge in [-0.25, -0.2) is 12.8 Å². The van der Waals surface area contributed by atoms with E-state index in [0.29, 0.717) is 17.1 Å². The van der Waals surface area contributed by atoms with Crippen molar-refractivity contribution in [1.29, 1.82) is 0 Å². The van der Waals surface area contributed by atoms with Gasteiger partial charge in [0.25, 0.3) is 0 Å². The molecule has 0 bridgehead atoms. The Bertz CT molecular complexity index is 1180. The van der Waals surface area contributed by atoms with Crippen molar-refractivity contribution in [3.8, 4) is 0 Å². The number of carbonyl (C=O) groups is 2. The van der Waals surface area contributed by atoms with Crippen molar-refractivity contribution < 1.29 is 22.4 Å². The summed E-state index contributed by atoms with van der Waals surface area (Å²) in [6, 6.07) is 7.21. The topological polar surface area (TPSA) is 86.8 Å². The number of nitrogens with one attached hydrogen (secondary N) is 1. The van der Waals surface area contributed by atoms with Gasteiger partial charge in [-0.3, -0.25) is 13.9 Å². The maximum atomic E-state index is 13.6. The quantitative estimate of drug-likeness (QED) is 0.393. The van der Waals surface area contributed by atoms with Crippen molar-refractivity contribution in [1.82, 2.24) is 10.2 Å². The lowest BCUT2D eigenvalue weighted by molar-refractivity contribution is -0.139. The molecule has 2 aromatic rings. The van der Waals surface area contributed by atoms with Crippen LogP contribution in [-0.4, -0.2) is 50.5 Å². The van der Waals surface area contributed by atoms with E-state index < -0.39 is 34.3 Å². The Morgan fingerprint density at radius 2 is 1.74 bits per heavy atom. The van der Waals surface area contributed by atoms with Crippen LogP contribution in [0.5, 0.6) is 0 Å². The van der Waals surface area contributed by atoms with E-state index >= 15 is 0 Å². The molecule has 2 amide bonds. The Kier molecular flexibility index (Phi) is 10.6. The van der Waals surface area contributed by atoms with Crippen LogP contribution < -0.4 is 9.62 Å². The van der Waals surface area contributed by atoms with Crippen LogP contribution in [0, 0.1) is 5.82 Å². The fourth-order valence-corrected chi connectivity index (χ4v) is 4.54. The number of sulfonamides is 1. The second-order valence-electron chi connectivity index (χ2n) is 7.96. The van der Waals surface area contributed by atoms with Crippen LogP contribution in [0.1, 0.15) is 32.3 Å². The lowest BCUT2D eigenvalue weighted by atomic mass is 10.1. The van der Waals surface area contributed by atoms with Crippen molar-refractivity contribution in [2.75, 3.05) is 23.7 Å². The molecule has 2 rings (SSSR count). The summed E-state index contributed by atoms with van der Waals surface area (Å²) in [4.78, 5) is 27.5. The van der Waals surface area contributed by atoms with Gasteiger partial charge in [0.15, 0.2) is 0 Å². The zero-order valence-corrected chi connectivity index (χ0v) is 22.6. The van der Waals surface area contributed by atoms with Crippen LogP contribution in [0.4, 0.5) is 10.1 Å². The van der Waals surface area contributed by atoms with Gasteiger partial charge in [0, 0.05) is 13.1 Å². The minimum Gasteiger partial charge on any atom is -0.354 e. The highest BCUT2D eigenvalue weighted by molar-refractivity contribution is 7.92. The van der Waals surface area contributed by atoms with Crippen LogP contribution in [0.25, 0.3) is 0 Å². The van der Waals surface area contributed by atoms with Crippen LogP contribution in [-0.2, 0) is 26.2 Å². The molecule has 0 spiro atoms. The van der Waals surface area contributed by atoms with Gasteiger partial charge >= 0.3 is 0 Å². The molecule has 0 radical (unpaired) electrons. The normalized spacial score (nSPS) is 12.2. The first-order chi connectivity index (χ1) is 16.3. The molecule has 0 aliphatic carbocycles. The standard InChI is InChI=1S/C23H27Cl3FN3O4S/c1-4-5-10-28-23(32)15(2)29(13-16-6-8-18(24)19(25)11-16)22(31)14-30(35(3,33)34)17-7-9-21(27)20(26)12-17/h6-9,11-12,15H,4-5,10,13-14H2,1-3H3,(H,28,32)/t15-/m0/s1. The lowest BCUT2D eigenvalue weighted by Crippen LogP contribution is -2.51. The van der Waals surface area contributed by atoms with Gasteiger partial charge in [0.05, 0.1) is 27.0 Å². The molecule has 0 heterocycles. The molecule has 0 fully saturated rings. The van der Waals surface area contributed by atoms with E-state index in [4.69, 9.17) is 34.8 Å². The molecule has 0 aliphatic rings. The smallest absolute Gasteiger partial charge is 0.244 e. The predicted molar refractivity (Wildman–Crippen MR) is 138 cm³/mol. The predicted octanol–water partition coefficient (Wildman–Crippen LogP) is 4.89. The van der Waals surface area contributed by atoms with Crippen LogP contribution in [0.15, 0.2) is 36.4 Å². The maximum absolute atomic E-state index is 13.6. The van der Waals surface area contributed by atoms with E-state index in [1.54, 1.807) is 25.1 Å². The molecule has 192 valence electrons. The first-order valence-corrected chi connectivity index (χ1v) is 13.8. The van der Waals surface area contributed by atoms with E-state index in [0.717, 1.165) is 35.5 Å². The van der Waals surface area contributed by atoms with Gasteiger partial charge < -0.3 is 10.2 Å². The maximum Gasteiger partial charge on any atom is 0.244 e. The molecule has 2 aromatic carbocycles. The summed E-state index contributed by atoms with van der Waals surface area (Å²) >= 11 is 17.9. The van der Waals surface area contributed by atoms with E-state index in [1.165, 1.54) is 11.0 Å². The highest BCUT2D eigenvalue weighted by Crippen LogP contribution is 2.26. The summed E-state index contributed by atoms with van der Waals surface area (Å²) < 4.78 is 39.5. The molecular formula is C23H27Cl3FN3O4S. The van der Waals surface area contributed by atoms with Crippen molar-refractivity contribution in [2.24, 2.45) is 0 Å². The molecule has 0 aromatic heterocycles. The Morgan fingerprint density at radius 3 is 2.31 bits per heavy atom. The molecule has 0 aliphatic heterocycles. The minimum absolute atomic E-state index is 0.0155. The molecule has 0 saturated carbocycles. The fraction of sp³-hybridized carbons (Fsp3) is 0.391. The molecule has 0 saturated heterocycles. The molecule has 0 unspecified atom stereocenters. The Morgan fingerprint density at radius 1 is 1.06 bits per heavy atom. The number of benzene rings is 2. The highest BCUT2D eigenvalue weighted by atomic mass is 35.5. The van der Waals surface area contributed by atoms with Crippen LogP contribution in [0.3, 0.4) is 0 Å². The van der Waals surface area contributed by atoms with Crippen molar-refractivity contribution >= 4 is 62.3 Å². The third kappa shape index (κ3) is 8.24. The number of hydrogen-bond acceptors (Lipinski definition) is 4. The number of rotatable bonds is 11. The van der Waals surface area contributed by atoms with E-state index in [2.05, 4.69) is 5.32 Å². The Balaban J connectivity index is 2.39. The van der Waals surface area contributed by atoms with Crippen molar-refractivity contribution in [2.45, 2.75) is 39.3 Å². The van der Waals surface area contributed by atoms with Crippen molar-refractivity contribution in [3.63, 3.8) is 0 Å². The number of halogens is 4. The number of anilines is 1. The number of carbonyl (C=O) groups excluding carboxylic acids is 2. The lowest BCUT2D eigenvalue weighted by Gasteiger charge is -2.31. The largest absolute Gasteiger partial charge is 0.354 e. The van der Waals surface area contributed by atoms with Gasteiger partial charge in [-0.05, 0) is 49.2 Å². The number of hydrogen-bond donors (Lipinski definition) is 1. The molecule has 1 N–H and O–H groups in total. The van der Waals surface area contributed by atoms with E-state index in [9.17, 15) is 22.4 Å². The second kappa shape index (κ2) is 12.8. The highest BCUT2D eigenvalue weighted by Gasteiger charge is 2.30. The number of nitrogens with zero attached hydrogens (tertiary/aromatic N) is 2. The SMILES string of the molecule is CCCCNC(=O)[C@H](C)N(Cc1ccc(Cl)c(Cl)c1)C(=O)CN(c1ccc(F)c(Cl)c1)S(C)(=O)=O. The first kappa shape index (κ1) is 29.2. The Hall–Kier alpha value is -2.07. The zero-order chi connectivity index (χ0) is 26.3. The van der Waals surface area contributed by atoms with Gasteiger partial charge in [-0.1, -0.05) is 54.2 Å². The Labute approximate surface area is 220 Å². The van der Waals surface area contributed by atoms with E-state index in [-0.39, 0.29) is 28.2 Å². The second-order valence-corrected chi connectivity index (χ2v) is 11.1. The molecular weight excluding hydrogens is 540 g/mol. The molecule has 7 nitrogen and oxygen atoms in total. The third-order valence-electron chi connectivity index (χ3n) is 5.20. The fourth-order valence-electron chi connectivity index (χ4n) is 3.21. The average Bonchev–Trinajstić information content (AvgIpc) is 2.78. The summed E-state index contributed by atoms with van der Waals surface area (Å²) in [5, 5.41) is 3.09. The summed E-state index contributed by atoms with van der Waals surface area (Å²) in [6.07, 6.45) is 2.57. The van der Waals surface area contributed by atoms with Gasteiger partial charge in [-0.15, -0.1) is 0 Å². The molecule has 35 heavy (non-hydrogen) atoms. The van der Waals surface area contributed by atoms with Gasteiger partial charge in [0.2, 0.25) is 21.8 Å². The van der Waals surface area contributed by atoms with Crippen LogP contribution in [0.2, 0.25) is 15.1 Å². The number of amides is 2. The van der Waals surface area contributed by atoms with Crippen molar-refractivity contribution in [3.05, 3.63) is 62.8 Å². The minimum atomic E-state index is -3.96. The van der Waals surface area contributed by atoms with E-state index in [1.807, 2.05) is 6.92 Å².